The third kappa shape index (κ3) is 4.77. The van der Waals surface area contributed by atoms with Gasteiger partial charge in [0.2, 0.25) is 0 Å². The van der Waals surface area contributed by atoms with Crippen LogP contribution in [-0.2, 0) is 19.1 Å². The van der Waals surface area contributed by atoms with E-state index in [9.17, 15) is 14.4 Å². The molecule has 1 aliphatic carbocycles. The largest absolute Gasteiger partial charge is 0.465 e. The van der Waals surface area contributed by atoms with Crippen LogP contribution in [-0.4, -0.2) is 24.1 Å². The summed E-state index contributed by atoms with van der Waals surface area (Å²) in [6, 6.07) is 0. The molecule has 0 aromatic rings. The molecule has 0 heterocycles. The van der Waals surface area contributed by atoms with Gasteiger partial charge in [0.15, 0.2) is 0 Å². The van der Waals surface area contributed by atoms with Crippen molar-refractivity contribution in [2.24, 2.45) is 11.8 Å². The van der Waals surface area contributed by atoms with Crippen molar-refractivity contribution >= 4 is 17.5 Å². The van der Waals surface area contributed by atoms with Gasteiger partial charge in [0.25, 0.3) is 0 Å². The molecule has 1 saturated carbocycles. The Kier molecular flexibility index (Phi) is 6.74. The summed E-state index contributed by atoms with van der Waals surface area (Å²) in [7, 11) is 0. The molecule has 0 aromatic carbocycles. The van der Waals surface area contributed by atoms with Crippen LogP contribution in [0.2, 0.25) is 0 Å². The third-order valence-corrected chi connectivity index (χ3v) is 3.66. The normalized spacial score (nSPS) is 23.2. The molecule has 0 saturated heterocycles. The lowest BCUT2D eigenvalue weighted by Crippen LogP contribution is -2.37. The molecule has 0 bridgehead atoms. The minimum atomic E-state index is -0.709. The molecule has 0 spiro atoms. The Labute approximate surface area is 114 Å². The van der Waals surface area contributed by atoms with E-state index in [-0.39, 0.29) is 24.1 Å². The minimum absolute atomic E-state index is 0.0574. The van der Waals surface area contributed by atoms with E-state index in [1.54, 1.807) is 6.92 Å². The van der Waals surface area contributed by atoms with Crippen LogP contribution in [0, 0.1) is 11.8 Å². The zero-order valence-corrected chi connectivity index (χ0v) is 11.9. The summed E-state index contributed by atoms with van der Waals surface area (Å²) in [5.41, 5.74) is 0. The highest BCUT2D eigenvalue weighted by Crippen LogP contribution is 2.31. The van der Waals surface area contributed by atoms with Gasteiger partial charge in [0.1, 0.15) is 17.5 Å². The highest BCUT2D eigenvalue weighted by molar-refractivity contribution is 6.00. The number of hydrogen-bond donors (Lipinski definition) is 0. The molecule has 4 heteroatoms. The SMILES string of the molecule is CCCCC(=O)C[C@H]1CCCC(=O)C1C(=O)OCC. The molecule has 0 N–H and O–H groups in total. The fourth-order valence-corrected chi connectivity index (χ4v) is 2.67. The van der Waals surface area contributed by atoms with E-state index >= 15 is 0 Å². The van der Waals surface area contributed by atoms with Gasteiger partial charge in [-0.2, -0.15) is 0 Å². The first-order valence-corrected chi connectivity index (χ1v) is 7.31. The molecular formula is C15H24O4. The van der Waals surface area contributed by atoms with E-state index in [0.29, 0.717) is 19.3 Å². The number of carbonyl (C=O) groups is 3. The number of ketones is 2. The maximum atomic E-state index is 11.9. The topological polar surface area (TPSA) is 60.4 Å². The van der Waals surface area contributed by atoms with E-state index in [2.05, 4.69) is 0 Å². The quantitative estimate of drug-likeness (QED) is 0.526. The molecule has 1 rings (SSSR count). The van der Waals surface area contributed by atoms with Crippen molar-refractivity contribution < 1.29 is 19.1 Å². The van der Waals surface area contributed by atoms with Crippen molar-refractivity contribution in [2.75, 3.05) is 6.61 Å². The van der Waals surface area contributed by atoms with E-state index in [4.69, 9.17) is 4.74 Å². The molecule has 0 aliphatic heterocycles. The number of carbonyl (C=O) groups excluding carboxylic acids is 3. The van der Waals surface area contributed by atoms with Crippen molar-refractivity contribution in [3.63, 3.8) is 0 Å². The number of esters is 1. The van der Waals surface area contributed by atoms with Crippen molar-refractivity contribution in [3.8, 4) is 0 Å². The highest BCUT2D eigenvalue weighted by Gasteiger charge is 2.39. The summed E-state index contributed by atoms with van der Waals surface area (Å²) in [5.74, 6) is -1.20. The number of hydrogen-bond acceptors (Lipinski definition) is 4. The molecule has 1 unspecified atom stereocenters. The Morgan fingerprint density at radius 1 is 1.32 bits per heavy atom. The second-order valence-corrected chi connectivity index (χ2v) is 5.19. The molecule has 19 heavy (non-hydrogen) atoms. The van der Waals surface area contributed by atoms with E-state index in [1.807, 2.05) is 6.92 Å². The smallest absolute Gasteiger partial charge is 0.316 e. The van der Waals surface area contributed by atoms with Gasteiger partial charge in [-0.25, -0.2) is 0 Å². The van der Waals surface area contributed by atoms with Crippen LogP contribution in [0.1, 0.15) is 58.8 Å². The number of ether oxygens (including phenoxy) is 1. The summed E-state index contributed by atoms with van der Waals surface area (Å²) in [4.78, 5) is 35.6. The lowest BCUT2D eigenvalue weighted by atomic mass is 9.75. The zero-order valence-electron chi connectivity index (χ0n) is 11.9. The van der Waals surface area contributed by atoms with Gasteiger partial charge in [-0.3, -0.25) is 14.4 Å². The lowest BCUT2D eigenvalue weighted by Gasteiger charge is -2.28. The average molecular weight is 268 g/mol. The van der Waals surface area contributed by atoms with Gasteiger partial charge in [0.05, 0.1) is 6.61 Å². The maximum absolute atomic E-state index is 11.9. The summed E-state index contributed by atoms with van der Waals surface area (Å²) in [6.45, 7) is 4.05. The predicted molar refractivity (Wildman–Crippen MR) is 71.6 cm³/mol. The molecule has 1 aliphatic rings. The zero-order chi connectivity index (χ0) is 14.3. The van der Waals surface area contributed by atoms with Gasteiger partial charge < -0.3 is 4.74 Å². The summed E-state index contributed by atoms with van der Waals surface area (Å²) in [5, 5.41) is 0. The standard InChI is InChI=1S/C15H24O4/c1-3-5-8-12(16)10-11-7-6-9-13(17)14(11)15(18)19-4-2/h11,14H,3-10H2,1-2H3/t11-,14?/m1/s1. The fraction of sp³-hybridized carbons (Fsp3) is 0.800. The Bertz CT molecular complexity index is 335. The third-order valence-electron chi connectivity index (χ3n) is 3.66. The summed E-state index contributed by atoms with van der Waals surface area (Å²) >= 11 is 0. The van der Waals surface area contributed by atoms with Crippen LogP contribution in [0.4, 0.5) is 0 Å². The van der Waals surface area contributed by atoms with Crippen LogP contribution in [0.5, 0.6) is 0 Å². The first-order chi connectivity index (χ1) is 9.10. The van der Waals surface area contributed by atoms with Crippen LogP contribution < -0.4 is 0 Å². The Hall–Kier alpha value is -1.19. The van der Waals surface area contributed by atoms with Crippen molar-refractivity contribution in [2.45, 2.75) is 58.8 Å². The monoisotopic (exact) mass is 268 g/mol. The number of rotatable bonds is 7. The summed E-state index contributed by atoms with van der Waals surface area (Å²) in [6.07, 6.45) is 4.74. The number of unbranched alkanes of at least 4 members (excludes halogenated alkanes) is 1. The predicted octanol–water partition coefficient (Wildman–Crippen LogP) is 2.68. The molecule has 4 nitrogen and oxygen atoms in total. The first-order valence-electron chi connectivity index (χ1n) is 7.31. The van der Waals surface area contributed by atoms with Gasteiger partial charge in [-0.1, -0.05) is 13.3 Å². The second-order valence-electron chi connectivity index (χ2n) is 5.19. The molecule has 2 atom stereocenters. The molecule has 1 fully saturated rings. The van der Waals surface area contributed by atoms with Crippen LogP contribution >= 0.6 is 0 Å². The van der Waals surface area contributed by atoms with Crippen LogP contribution in [0.25, 0.3) is 0 Å². The van der Waals surface area contributed by atoms with Crippen LogP contribution in [0.3, 0.4) is 0 Å². The minimum Gasteiger partial charge on any atom is -0.465 e. The van der Waals surface area contributed by atoms with Crippen molar-refractivity contribution in [1.29, 1.82) is 0 Å². The Balaban J connectivity index is 2.63. The molecule has 0 radical (unpaired) electrons. The molecule has 108 valence electrons. The molecular weight excluding hydrogens is 244 g/mol. The van der Waals surface area contributed by atoms with E-state index in [1.165, 1.54) is 0 Å². The first kappa shape index (κ1) is 15.9. The van der Waals surface area contributed by atoms with Gasteiger partial charge >= 0.3 is 5.97 Å². The second kappa shape index (κ2) is 8.08. The van der Waals surface area contributed by atoms with Gasteiger partial charge in [0, 0.05) is 19.3 Å². The average Bonchev–Trinajstić information content (AvgIpc) is 2.36. The fourth-order valence-electron chi connectivity index (χ4n) is 2.67. The lowest BCUT2D eigenvalue weighted by molar-refractivity contribution is -0.155. The Morgan fingerprint density at radius 2 is 2.05 bits per heavy atom. The molecule has 0 amide bonds. The van der Waals surface area contributed by atoms with Crippen molar-refractivity contribution in [1.82, 2.24) is 0 Å². The van der Waals surface area contributed by atoms with E-state index in [0.717, 1.165) is 25.7 Å². The maximum Gasteiger partial charge on any atom is 0.316 e. The van der Waals surface area contributed by atoms with Crippen LogP contribution in [0.15, 0.2) is 0 Å². The van der Waals surface area contributed by atoms with E-state index < -0.39 is 11.9 Å². The molecule has 0 aromatic heterocycles. The number of Topliss-reactive ketones (excluding diaryl/α,β-unsaturated/α-hetero) is 2. The summed E-state index contributed by atoms with van der Waals surface area (Å²) < 4.78 is 4.97. The van der Waals surface area contributed by atoms with Gasteiger partial charge in [-0.15, -0.1) is 0 Å². The Morgan fingerprint density at radius 3 is 2.68 bits per heavy atom. The van der Waals surface area contributed by atoms with Crippen molar-refractivity contribution in [3.05, 3.63) is 0 Å². The highest BCUT2D eigenvalue weighted by atomic mass is 16.5. The van der Waals surface area contributed by atoms with Gasteiger partial charge in [-0.05, 0) is 32.1 Å².